The number of methoxy groups -OCH3 is 1. The number of carbonyl (C=O) groups is 1. The van der Waals surface area contributed by atoms with Crippen molar-refractivity contribution >= 4 is 17.6 Å². The third-order valence-electron chi connectivity index (χ3n) is 4.25. The van der Waals surface area contributed by atoms with Crippen LogP contribution in [0.15, 0.2) is 47.5 Å². The smallest absolute Gasteiger partial charge is 0.387 e. The van der Waals surface area contributed by atoms with E-state index in [1.54, 1.807) is 25.3 Å². The molecule has 31 heavy (non-hydrogen) atoms. The Hall–Kier alpha value is -3.36. The molecule has 0 unspecified atom stereocenters. The first kappa shape index (κ1) is 23.9. The molecular weight excluding hydrogens is 406 g/mol. The number of ether oxygens (including phenoxy) is 2. The molecule has 0 fully saturated rings. The minimum atomic E-state index is -2.84. The van der Waals surface area contributed by atoms with Crippen molar-refractivity contribution in [1.29, 1.82) is 0 Å². The van der Waals surface area contributed by atoms with Crippen molar-refractivity contribution in [2.45, 2.75) is 33.5 Å². The van der Waals surface area contributed by atoms with Crippen molar-refractivity contribution in [3.8, 4) is 11.5 Å². The van der Waals surface area contributed by atoms with Crippen LogP contribution in [0, 0.1) is 0 Å². The Morgan fingerprint density at radius 1 is 1.16 bits per heavy atom. The highest BCUT2D eigenvalue weighted by atomic mass is 19.3. The second-order valence-electron chi connectivity index (χ2n) is 6.76. The summed E-state index contributed by atoms with van der Waals surface area (Å²) in [7, 11) is 3.44. The fourth-order valence-electron chi connectivity index (χ4n) is 2.90. The summed E-state index contributed by atoms with van der Waals surface area (Å²) in [6.07, 6.45) is 0. The van der Waals surface area contributed by atoms with Crippen LogP contribution in [0.3, 0.4) is 0 Å². The van der Waals surface area contributed by atoms with E-state index in [-0.39, 0.29) is 11.7 Å². The Bertz CT molecular complexity index is 889. The van der Waals surface area contributed by atoms with Crippen LogP contribution in [0.25, 0.3) is 0 Å². The standard InChI is InChI=1S/C22H28F2N4O3/c1-5-25-22(28(3)14-16-6-9-18(10-7-16)31-21(23)24)26-13-17-8-11-20(30-4)19(12-17)27-15(2)29/h6-12,21H,5,13-14H2,1-4H3,(H,25,26)(H,27,29). The molecule has 0 aliphatic heterocycles. The van der Waals surface area contributed by atoms with Gasteiger partial charge < -0.3 is 25.0 Å². The third-order valence-corrected chi connectivity index (χ3v) is 4.25. The number of anilines is 1. The summed E-state index contributed by atoms with van der Waals surface area (Å²) in [4.78, 5) is 18.0. The van der Waals surface area contributed by atoms with E-state index in [1.807, 2.05) is 31.0 Å². The van der Waals surface area contributed by atoms with Crippen molar-refractivity contribution in [2.24, 2.45) is 4.99 Å². The van der Waals surface area contributed by atoms with Gasteiger partial charge in [-0.2, -0.15) is 8.78 Å². The zero-order valence-electron chi connectivity index (χ0n) is 18.1. The molecule has 0 heterocycles. The van der Waals surface area contributed by atoms with Gasteiger partial charge in [-0.1, -0.05) is 18.2 Å². The van der Waals surface area contributed by atoms with E-state index >= 15 is 0 Å². The SMILES string of the molecule is CCNC(=NCc1ccc(OC)c(NC(C)=O)c1)N(C)Cc1ccc(OC(F)F)cc1. The van der Waals surface area contributed by atoms with E-state index in [2.05, 4.69) is 20.4 Å². The minimum absolute atomic E-state index is 0.122. The number of nitrogens with one attached hydrogen (secondary N) is 2. The van der Waals surface area contributed by atoms with Crippen LogP contribution in [-0.4, -0.2) is 44.1 Å². The molecule has 2 N–H and O–H groups in total. The van der Waals surface area contributed by atoms with Gasteiger partial charge in [0, 0.05) is 27.1 Å². The Morgan fingerprint density at radius 2 is 1.84 bits per heavy atom. The fourth-order valence-corrected chi connectivity index (χ4v) is 2.90. The van der Waals surface area contributed by atoms with Gasteiger partial charge in [0.25, 0.3) is 0 Å². The number of nitrogens with zero attached hydrogens (tertiary/aromatic N) is 2. The first-order valence-electron chi connectivity index (χ1n) is 9.80. The van der Waals surface area contributed by atoms with E-state index in [0.29, 0.717) is 37.0 Å². The summed E-state index contributed by atoms with van der Waals surface area (Å²) < 4.78 is 34.2. The van der Waals surface area contributed by atoms with Gasteiger partial charge in [-0.15, -0.1) is 0 Å². The molecule has 0 aromatic heterocycles. The first-order chi connectivity index (χ1) is 14.8. The largest absolute Gasteiger partial charge is 0.495 e. The number of benzene rings is 2. The third kappa shape index (κ3) is 7.76. The molecule has 9 heteroatoms. The lowest BCUT2D eigenvalue weighted by Crippen LogP contribution is -2.38. The zero-order chi connectivity index (χ0) is 22.8. The Kier molecular flexibility index (Phi) is 9.05. The van der Waals surface area contributed by atoms with Gasteiger partial charge in [-0.25, -0.2) is 4.99 Å². The summed E-state index contributed by atoms with van der Waals surface area (Å²) in [6.45, 7) is 2.18. The van der Waals surface area contributed by atoms with Crippen LogP contribution < -0.4 is 20.1 Å². The number of aliphatic imine (C=N–C) groups is 1. The van der Waals surface area contributed by atoms with E-state index in [4.69, 9.17) is 4.74 Å². The van der Waals surface area contributed by atoms with E-state index in [9.17, 15) is 13.6 Å². The lowest BCUT2D eigenvalue weighted by atomic mass is 10.2. The highest BCUT2D eigenvalue weighted by molar-refractivity contribution is 5.90. The fraction of sp³-hybridized carbons (Fsp3) is 0.364. The van der Waals surface area contributed by atoms with Crippen molar-refractivity contribution in [3.05, 3.63) is 53.6 Å². The second kappa shape index (κ2) is 11.7. The Labute approximate surface area is 181 Å². The van der Waals surface area contributed by atoms with Crippen molar-refractivity contribution in [1.82, 2.24) is 10.2 Å². The molecule has 1 amide bonds. The number of amides is 1. The lowest BCUT2D eigenvalue weighted by molar-refractivity contribution is -0.114. The van der Waals surface area contributed by atoms with Crippen LogP contribution >= 0.6 is 0 Å². The molecule has 0 aliphatic carbocycles. The summed E-state index contributed by atoms with van der Waals surface area (Å²) >= 11 is 0. The predicted molar refractivity (Wildman–Crippen MR) is 117 cm³/mol. The Balaban J connectivity index is 2.11. The van der Waals surface area contributed by atoms with Crippen LogP contribution in [0.5, 0.6) is 11.5 Å². The molecule has 0 atom stereocenters. The van der Waals surface area contributed by atoms with E-state index in [1.165, 1.54) is 19.1 Å². The molecule has 0 bridgehead atoms. The number of hydrogen-bond acceptors (Lipinski definition) is 4. The topological polar surface area (TPSA) is 75.2 Å². The molecule has 0 spiro atoms. The zero-order valence-corrected chi connectivity index (χ0v) is 18.1. The quantitative estimate of drug-likeness (QED) is 0.463. The number of hydrogen-bond donors (Lipinski definition) is 2. The summed E-state index contributed by atoms with van der Waals surface area (Å²) in [6, 6.07) is 12.0. The van der Waals surface area contributed by atoms with Crippen molar-refractivity contribution in [2.75, 3.05) is 26.0 Å². The molecule has 7 nitrogen and oxygen atoms in total. The molecule has 0 radical (unpaired) electrons. The van der Waals surface area contributed by atoms with E-state index < -0.39 is 6.61 Å². The van der Waals surface area contributed by atoms with Gasteiger partial charge >= 0.3 is 6.61 Å². The molecule has 168 valence electrons. The number of carbonyl (C=O) groups excluding carboxylic acids is 1. The minimum Gasteiger partial charge on any atom is -0.495 e. The van der Waals surface area contributed by atoms with Gasteiger partial charge in [0.2, 0.25) is 5.91 Å². The van der Waals surface area contributed by atoms with Crippen LogP contribution in [0.4, 0.5) is 14.5 Å². The molecule has 0 saturated carbocycles. The lowest BCUT2D eigenvalue weighted by Gasteiger charge is -2.22. The second-order valence-corrected chi connectivity index (χ2v) is 6.76. The molecule has 0 aliphatic rings. The number of guanidine groups is 1. The Morgan fingerprint density at radius 3 is 2.42 bits per heavy atom. The monoisotopic (exact) mass is 434 g/mol. The van der Waals surface area contributed by atoms with Gasteiger partial charge in [-0.3, -0.25) is 4.79 Å². The average molecular weight is 434 g/mol. The molecule has 2 rings (SSSR count). The maximum atomic E-state index is 12.3. The molecule has 2 aromatic carbocycles. The van der Waals surface area contributed by atoms with Crippen molar-refractivity contribution < 1.29 is 23.0 Å². The number of rotatable bonds is 9. The predicted octanol–water partition coefficient (Wildman–Crippen LogP) is 3.85. The van der Waals surface area contributed by atoms with Gasteiger partial charge in [-0.05, 0) is 42.3 Å². The number of alkyl halides is 2. The average Bonchev–Trinajstić information content (AvgIpc) is 2.71. The van der Waals surface area contributed by atoms with E-state index in [0.717, 1.165) is 11.1 Å². The highest BCUT2D eigenvalue weighted by Crippen LogP contribution is 2.26. The molecule has 2 aromatic rings. The van der Waals surface area contributed by atoms with Gasteiger partial charge in [0.1, 0.15) is 11.5 Å². The summed E-state index contributed by atoms with van der Waals surface area (Å²) in [5, 5.41) is 5.99. The number of halogens is 2. The molecule has 0 saturated heterocycles. The van der Waals surface area contributed by atoms with Crippen LogP contribution in [0.1, 0.15) is 25.0 Å². The van der Waals surface area contributed by atoms with Gasteiger partial charge in [0.15, 0.2) is 5.96 Å². The van der Waals surface area contributed by atoms with Gasteiger partial charge in [0.05, 0.1) is 19.3 Å². The summed E-state index contributed by atoms with van der Waals surface area (Å²) in [5.41, 5.74) is 2.42. The highest BCUT2D eigenvalue weighted by Gasteiger charge is 2.10. The van der Waals surface area contributed by atoms with Crippen LogP contribution in [-0.2, 0) is 17.9 Å². The summed E-state index contributed by atoms with van der Waals surface area (Å²) in [5.74, 6) is 1.20. The molecular formula is C22H28F2N4O3. The normalized spacial score (nSPS) is 11.3. The van der Waals surface area contributed by atoms with Crippen LogP contribution in [0.2, 0.25) is 0 Å². The maximum absolute atomic E-state index is 12.3. The maximum Gasteiger partial charge on any atom is 0.387 e. The van der Waals surface area contributed by atoms with Crippen molar-refractivity contribution in [3.63, 3.8) is 0 Å². The first-order valence-corrected chi connectivity index (χ1v) is 9.80.